The molecule has 2 nitrogen and oxygen atoms in total. The number of benzene rings is 1. The van der Waals surface area contributed by atoms with E-state index < -0.39 is 0 Å². The second-order valence-corrected chi connectivity index (χ2v) is 7.88. The molecular weight excluding hydrogens is 302 g/mol. The first-order valence-corrected chi connectivity index (χ1v) is 9.40. The zero-order valence-corrected chi connectivity index (χ0v) is 14.2. The standard InChI is InChI=1S/C17H24ClNOS/c1-19-16(13-2-4-15(18)5-3-13)14-6-9-20-17(12-14)7-10-21-11-8-17/h2-5,14,16,19H,6-12H2,1H3. The van der Waals surface area contributed by atoms with Crippen LogP contribution in [0, 0.1) is 5.92 Å². The Bertz CT molecular complexity index is 453. The quantitative estimate of drug-likeness (QED) is 0.895. The van der Waals surface area contributed by atoms with Gasteiger partial charge in [0.15, 0.2) is 0 Å². The van der Waals surface area contributed by atoms with Gasteiger partial charge in [-0.1, -0.05) is 23.7 Å². The molecule has 0 aromatic heterocycles. The monoisotopic (exact) mass is 325 g/mol. The molecule has 0 saturated carbocycles. The van der Waals surface area contributed by atoms with Crippen LogP contribution in [-0.2, 0) is 4.74 Å². The Morgan fingerprint density at radius 2 is 2.00 bits per heavy atom. The summed E-state index contributed by atoms with van der Waals surface area (Å²) in [6.45, 7) is 0.904. The molecule has 4 heteroatoms. The predicted molar refractivity (Wildman–Crippen MR) is 91.2 cm³/mol. The van der Waals surface area contributed by atoms with E-state index in [2.05, 4.69) is 36.3 Å². The molecule has 3 rings (SSSR count). The van der Waals surface area contributed by atoms with Crippen LogP contribution in [0.2, 0.25) is 5.02 Å². The van der Waals surface area contributed by atoms with Crippen molar-refractivity contribution < 1.29 is 4.74 Å². The summed E-state index contributed by atoms with van der Waals surface area (Å²) in [6.07, 6.45) is 4.75. The number of hydrogen-bond acceptors (Lipinski definition) is 3. The van der Waals surface area contributed by atoms with Crippen molar-refractivity contribution in [2.24, 2.45) is 5.92 Å². The highest BCUT2D eigenvalue weighted by Crippen LogP contribution is 2.43. The maximum atomic E-state index is 6.22. The molecule has 2 fully saturated rings. The Morgan fingerprint density at radius 1 is 1.29 bits per heavy atom. The van der Waals surface area contributed by atoms with Crippen LogP contribution in [0.25, 0.3) is 0 Å². The molecular formula is C17H24ClNOS. The van der Waals surface area contributed by atoms with E-state index in [1.54, 1.807) is 0 Å². The van der Waals surface area contributed by atoms with E-state index in [0.29, 0.717) is 12.0 Å². The SMILES string of the molecule is CNC(c1ccc(Cl)cc1)C1CCOC2(CCSCC2)C1. The molecule has 21 heavy (non-hydrogen) atoms. The fourth-order valence-corrected chi connectivity index (χ4v) is 5.15. The summed E-state index contributed by atoms with van der Waals surface area (Å²) in [5.74, 6) is 3.14. The van der Waals surface area contributed by atoms with Crippen LogP contribution < -0.4 is 5.32 Å². The summed E-state index contributed by atoms with van der Waals surface area (Å²) in [4.78, 5) is 0. The third kappa shape index (κ3) is 3.58. The molecule has 0 radical (unpaired) electrons. The Morgan fingerprint density at radius 3 is 2.67 bits per heavy atom. The highest BCUT2D eigenvalue weighted by Gasteiger charge is 2.41. The van der Waals surface area contributed by atoms with Crippen LogP contribution in [-0.4, -0.2) is 30.8 Å². The van der Waals surface area contributed by atoms with Crippen LogP contribution in [0.1, 0.15) is 37.3 Å². The van der Waals surface area contributed by atoms with E-state index in [-0.39, 0.29) is 5.60 Å². The summed E-state index contributed by atoms with van der Waals surface area (Å²) in [5.41, 5.74) is 1.49. The third-order valence-corrected chi connectivity index (χ3v) is 6.18. The maximum absolute atomic E-state index is 6.22. The lowest BCUT2D eigenvalue weighted by Crippen LogP contribution is -2.45. The molecule has 0 aliphatic carbocycles. The van der Waals surface area contributed by atoms with Crippen molar-refractivity contribution in [2.75, 3.05) is 25.2 Å². The predicted octanol–water partition coefficient (Wildman–Crippen LogP) is 4.29. The lowest BCUT2D eigenvalue weighted by atomic mass is 9.77. The minimum absolute atomic E-state index is 0.149. The van der Waals surface area contributed by atoms with Gasteiger partial charge in [0.1, 0.15) is 0 Å². The fourth-order valence-electron chi connectivity index (χ4n) is 3.79. The first-order chi connectivity index (χ1) is 10.2. The summed E-state index contributed by atoms with van der Waals surface area (Å²) in [5, 5.41) is 4.33. The fraction of sp³-hybridized carbons (Fsp3) is 0.647. The van der Waals surface area contributed by atoms with Gasteiger partial charge in [-0.2, -0.15) is 11.8 Å². The van der Waals surface area contributed by atoms with Gasteiger partial charge >= 0.3 is 0 Å². The molecule has 2 aliphatic heterocycles. The maximum Gasteiger partial charge on any atom is 0.0701 e. The van der Waals surface area contributed by atoms with Crippen molar-refractivity contribution in [3.05, 3.63) is 34.9 Å². The highest BCUT2D eigenvalue weighted by atomic mass is 35.5. The van der Waals surface area contributed by atoms with E-state index in [1.807, 2.05) is 12.1 Å². The van der Waals surface area contributed by atoms with Crippen LogP contribution in [0.15, 0.2) is 24.3 Å². The van der Waals surface area contributed by atoms with E-state index in [4.69, 9.17) is 16.3 Å². The zero-order chi connectivity index (χ0) is 14.7. The lowest BCUT2D eigenvalue weighted by Gasteiger charge is -2.45. The average molecular weight is 326 g/mol. The van der Waals surface area contributed by atoms with Crippen molar-refractivity contribution in [1.29, 1.82) is 0 Å². The molecule has 0 amide bonds. The largest absolute Gasteiger partial charge is 0.375 e. The second-order valence-electron chi connectivity index (χ2n) is 6.21. The Labute approximate surface area is 137 Å². The van der Waals surface area contributed by atoms with E-state index in [1.165, 1.54) is 36.3 Å². The van der Waals surface area contributed by atoms with Gasteiger partial charge < -0.3 is 10.1 Å². The van der Waals surface area contributed by atoms with Crippen molar-refractivity contribution in [1.82, 2.24) is 5.32 Å². The molecule has 2 atom stereocenters. The van der Waals surface area contributed by atoms with Crippen LogP contribution in [0.5, 0.6) is 0 Å². The highest BCUT2D eigenvalue weighted by molar-refractivity contribution is 7.99. The normalized spacial score (nSPS) is 26.7. The van der Waals surface area contributed by atoms with Crippen LogP contribution in [0.4, 0.5) is 0 Å². The van der Waals surface area contributed by atoms with E-state index in [0.717, 1.165) is 18.1 Å². The Balaban J connectivity index is 1.75. The molecule has 116 valence electrons. The number of nitrogens with one attached hydrogen (secondary N) is 1. The summed E-state index contributed by atoms with van der Waals surface area (Å²) in [6, 6.07) is 8.70. The third-order valence-electron chi connectivity index (χ3n) is 4.95. The lowest BCUT2D eigenvalue weighted by molar-refractivity contribution is -0.107. The Kier molecular flexibility index (Phi) is 5.15. The molecule has 1 N–H and O–H groups in total. The van der Waals surface area contributed by atoms with Gasteiger partial charge in [0.2, 0.25) is 0 Å². The number of thioether (sulfide) groups is 1. The van der Waals surface area contributed by atoms with Crippen molar-refractivity contribution >= 4 is 23.4 Å². The molecule has 2 saturated heterocycles. The molecule has 1 aromatic carbocycles. The number of ether oxygens (including phenoxy) is 1. The number of rotatable bonds is 3. The molecule has 1 aromatic rings. The summed E-state index contributed by atoms with van der Waals surface area (Å²) in [7, 11) is 2.07. The van der Waals surface area contributed by atoms with Gasteiger partial charge in [0, 0.05) is 17.7 Å². The first-order valence-electron chi connectivity index (χ1n) is 7.87. The van der Waals surface area contributed by atoms with Crippen LogP contribution in [0.3, 0.4) is 0 Å². The number of halogens is 1. The molecule has 2 aliphatic rings. The van der Waals surface area contributed by atoms with Crippen molar-refractivity contribution in [3.63, 3.8) is 0 Å². The van der Waals surface area contributed by atoms with Crippen molar-refractivity contribution in [2.45, 2.75) is 37.3 Å². The minimum Gasteiger partial charge on any atom is -0.375 e. The van der Waals surface area contributed by atoms with Crippen LogP contribution >= 0.6 is 23.4 Å². The topological polar surface area (TPSA) is 21.3 Å². The first kappa shape index (κ1) is 15.7. The summed E-state index contributed by atoms with van der Waals surface area (Å²) >= 11 is 8.08. The van der Waals surface area contributed by atoms with E-state index in [9.17, 15) is 0 Å². The van der Waals surface area contributed by atoms with Crippen molar-refractivity contribution in [3.8, 4) is 0 Å². The molecule has 2 unspecified atom stereocenters. The van der Waals surface area contributed by atoms with Gasteiger partial charge in [-0.3, -0.25) is 0 Å². The Hall–Kier alpha value is -0.220. The van der Waals surface area contributed by atoms with Gasteiger partial charge in [-0.05, 0) is 67.9 Å². The van der Waals surface area contributed by atoms with Gasteiger partial charge in [-0.25, -0.2) is 0 Å². The molecule has 0 bridgehead atoms. The molecule has 2 heterocycles. The minimum atomic E-state index is 0.149. The average Bonchev–Trinajstić information content (AvgIpc) is 2.51. The van der Waals surface area contributed by atoms with Gasteiger partial charge in [0.25, 0.3) is 0 Å². The van der Waals surface area contributed by atoms with Gasteiger partial charge in [0.05, 0.1) is 5.60 Å². The second kappa shape index (κ2) is 6.91. The smallest absolute Gasteiger partial charge is 0.0701 e. The van der Waals surface area contributed by atoms with E-state index >= 15 is 0 Å². The summed E-state index contributed by atoms with van der Waals surface area (Å²) < 4.78 is 6.22. The van der Waals surface area contributed by atoms with Gasteiger partial charge in [-0.15, -0.1) is 0 Å². The molecule has 1 spiro atoms. The zero-order valence-electron chi connectivity index (χ0n) is 12.6. The number of hydrogen-bond donors (Lipinski definition) is 1.